The molecule has 0 saturated carbocycles. The highest BCUT2D eigenvalue weighted by molar-refractivity contribution is 5.86. The second kappa shape index (κ2) is 22.3. The summed E-state index contributed by atoms with van der Waals surface area (Å²) in [4.78, 5) is 45.6. The molecule has 0 fully saturated rings. The summed E-state index contributed by atoms with van der Waals surface area (Å²) in [6.07, 6.45) is 1.20. The molecule has 1 aromatic carbocycles. The minimum atomic E-state index is -1.02. The summed E-state index contributed by atoms with van der Waals surface area (Å²) < 4.78 is 24.7. The van der Waals surface area contributed by atoms with Crippen LogP contribution in [0.2, 0.25) is 0 Å². The number of hydrogen-bond acceptors (Lipinski definition) is 10. The first kappa shape index (κ1) is 43.9. The Balaban J connectivity index is 0. The van der Waals surface area contributed by atoms with E-state index in [1.54, 1.807) is 21.0 Å². The fraction of sp³-hybridized carbons (Fsp3) is 0.657. The Morgan fingerprint density at radius 2 is 1.13 bits per heavy atom. The smallest absolute Gasteiger partial charge is 0.333 e. The molecule has 258 valence electrons. The highest BCUT2D eigenvalue weighted by atomic mass is 16.6. The van der Waals surface area contributed by atoms with Crippen molar-refractivity contribution < 1.29 is 48.0 Å². The van der Waals surface area contributed by atoms with Crippen LogP contribution in [0.1, 0.15) is 94.1 Å². The first-order chi connectivity index (χ1) is 20.8. The minimum Gasteiger partial charge on any atom is -0.463 e. The van der Waals surface area contributed by atoms with Crippen molar-refractivity contribution in [2.24, 2.45) is 16.2 Å². The van der Waals surface area contributed by atoms with Gasteiger partial charge in [-0.15, -0.1) is 0 Å². The van der Waals surface area contributed by atoms with Crippen LogP contribution in [0.15, 0.2) is 42.5 Å². The van der Waals surface area contributed by atoms with E-state index < -0.39 is 17.5 Å². The fourth-order valence-corrected chi connectivity index (χ4v) is 2.48. The number of rotatable bonds is 16. The van der Waals surface area contributed by atoms with E-state index in [4.69, 9.17) is 23.7 Å². The molecule has 1 N–H and O–H groups in total. The molecule has 1 unspecified atom stereocenters. The summed E-state index contributed by atoms with van der Waals surface area (Å²) in [5, 5.41) is 9.48. The summed E-state index contributed by atoms with van der Waals surface area (Å²) in [7, 11) is 1.58. The van der Waals surface area contributed by atoms with E-state index in [-0.39, 0.29) is 47.5 Å². The van der Waals surface area contributed by atoms with E-state index in [1.165, 1.54) is 6.92 Å². The van der Waals surface area contributed by atoms with Crippen LogP contribution in [0.25, 0.3) is 0 Å². The molecule has 1 atom stereocenters. The van der Waals surface area contributed by atoms with Crippen molar-refractivity contribution in [2.75, 3.05) is 33.5 Å². The summed E-state index contributed by atoms with van der Waals surface area (Å²) in [5.74, 6) is -1.24. The predicted molar refractivity (Wildman–Crippen MR) is 174 cm³/mol. The lowest BCUT2D eigenvalue weighted by molar-refractivity contribution is -0.159. The lowest BCUT2D eigenvalue weighted by atomic mass is 9.91. The van der Waals surface area contributed by atoms with Gasteiger partial charge in [0.1, 0.15) is 32.5 Å². The molecule has 1 rings (SSSR count). The molecule has 0 amide bonds. The SMILES string of the molecule is C=C(C)C(=O)OCC(O)COC(=O)C(C)(C)CC.CCC(C)(C)C(=O)OCCOC.CCC(C)(C)C(=O)OCc1ccccc1. The van der Waals surface area contributed by atoms with Crippen LogP contribution in [0.5, 0.6) is 0 Å². The molecule has 10 nitrogen and oxygen atoms in total. The number of esters is 4. The molecule has 0 saturated heterocycles. The van der Waals surface area contributed by atoms with Gasteiger partial charge >= 0.3 is 23.9 Å². The second-order valence-corrected chi connectivity index (χ2v) is 12.5. The lowest BCUT2D eigenvalue weighted by Crippen LogP contribution is -2.31. The fourth-order valence-electron chi connectivity index (χ4n) is 2.48. The highest BCUT2D eigenvalue weighted by Gasteiger charge is 2.28. The molecular formula is C35H58O10. The Bertz CT molecular complexity index is 1030. The van der Waals surface area contributed by atoms with Gasteiger partial charge in [-0.3, -0.25) is 14.4 Å². The van der Waals surface area contributed by atoms with E-state index in [1.807, 2.05) is 78.8 Å². The summed E-state index contributed by atoms with van der Waals surface area (Å²) in [5.41, 5.74) is -0.0413. The van der Waals surface area contributed by atoms with E-state index in [0.29, 0.717) is 26.2 Å². The summed E-state index contributed by atoms with van der Waals surface area (Å²) in [6.45, 7) is 22.6. The van der Waals surface area contributed by atoms with Crippen LogP contribution < -0.4 is 0 Å². The zero-order valence-corrected chi connectivity index (χ0v) is 29.4. The van der Waals surface area contributed by atoms with Crippen molar-refractivity contribution in [2.45, 2.75) is 101 Å². The number of methoxy groups -OCH3 is 1. The molecule has 0 aromatic heterocycles. The van der Waals surface area contributed by atoms with Crippen LogP contribution in [0, 0.1) is 16.2 Å². The maximum atomic E-state index is 11.6. The molecule has 0 aliphatic rings. The van der Waals surface area contributed by atoms with E-state index in [2.05, 4.69) is 6.58 Å². The number of aliphatic hydroxyl groups is 1. The summed E-state index contributed by atoms with van der Waals surface area (Å²) in [6, 6.07) is 9.72. The molecule has 10 heteroatoms. The van der Waals surface area contributed by atoms with Crippen LogP contribution >= 0.6 is 0 Å². The van der Waals surface area contributed by atoms with Gasteiger partial charge in [-0.2, -0.15) is 0 Å². The van der Waals surface area contributed by atoms with Gasteiger partial charge in [0.15, 0.2) is 0 Å². The van der Waals surface area contributed by atoms with Gasteiger partial charge in [0.25, 0.3) is 0 Å². The molecule has 0 aliphatic heterocycles. The normalized spacial score (nSPS) is 11.8. The molecule has 0 aliphatic carbocycles. The standard InChI is InChI=1S/C13H22O5.C13H18O2.C9H18O3/c1-6-13(4,5)12(16)18-8-10(14)7-17-11(15)9(2)3;1-4-13(2,3)12(14)15-10-11-8-6-5-7-9-11;1-5-9(2,3)8(10)12-7-6-11-4/h10,14H,2,6-8H2,1,3-5H3;5-9H,4,10H2,1-3H3;5-7H2,1-4H3. The van der Waals surface area contributed by atoms with Crippen molar-refractivity contribution >= 4 is 23.9 Å². The molecule has 1 aromatic rings. The number of carbonyl (C=O) groups is 4. The van der Waals surface area contributed by atoms with Gasteiger partial charge in [0.2, 0.25) is 0 Å². The van der Waals surface area contributed by atoms with Gasteiger partial charge in [0.05, 0.1) is 22.9 Å². The quantitative estimate of drug-likeness (QED) is 0.0962. The average Bonchev–Trinajstić information content (AvgIpc) is 3.02. The van der Waals surface area contributed by atoms with Gasteiger partial charge in [0, 0.05) is 12.7 Å². The third kappa shape index (κ3) is 19.7. The number of benzene rings is 1. The van der Waals surface area contributed by atoms with Crippen molar-refractivity contribution in [3.8, 4) is 0 Å². The monoisotopic (exact) mass is 638 g/mol. The molecule has 0 bridgehead atoms. The van der Waals surface area contributed by atoms with Crippen molar-refractivity contribution in [3.63, 3.8) is 0 Å². The number of ether oxygens (including phenoxy) is 5. The topological polar surface area (TPSA) is 135 Å². The zero-order valence-electron chi connectivity index (χ0n) is 29.4. The number of aliphatic hydroxyl groups excluding tert-OH is 1. The number of carbonyl (C=O) groups excluding carboxylic acids is 4. The Labute approximate surface area is 270 Å². The minimum absolute atomic E-state index is 0.131. The largest absolute Gasteiger partial charge is 0.463 e. The van der Waals surface area contributed by atoms with Crippen molar-refractivity contribution in [1.82, 2.24) is 0 Å². The van der Waals surface area contributed by atoms with Gasteiger partial charge in [-0.25, -0.2) is 4.79 Å². The van der Waals surface area contributed by atoms with Crippen LogP contribution in [0.4, 0.5) is 0 Å². The van der Waals surface area contributed by atoms with E-state index >= 15 is 0 Å². The highest BCUT2D eigenvalue weighted by Crippen LogP contribution is 2.23. The zero-order chi connectivity index (χ0) is 35.3. The second-order valence-electron chi connectivity index (χ2n) is 12.5. The molecule has 45 heavy (non-hydrogen) atoms. The van der Waals surface area contributed by atoms with Gasteiger partial charge in [-0.05, 0) is 73.3 Å². The maximum Gasteiger partial charge on any atom is 0.333 e. The Kier molecular flexibility index (Phi) is 21.7. The third-order valence-corrected chi connectivity index (χ3v) is 7.20. The van der Waals surface area contributed by atoms with E-state index in [0.717, 1.165) is 18.4 Å². The van der Waals surface area contributed by atoms with Crippen molar-refractivity contribution in [3.05, 3.63) is 48.0 Å². The Morgan fingerprint density at radius 3 is 1.56 bits per heavy atom. The first-order valence-corrected chi connectivity index (χ1v) is 15.4. The predicted octanol–water partition coefficient (Wildman–Crippen LogP) is 6.22. The van der Waals surface area contributed by atoms with Crippen LogP contribution in [0.3, 0.4) is 0 Å². The molecule has 0 radical (unpaired) electrons. The van der Waals surface area contributed by atoms with Gasteiger partial charge < -0.3 is 28.8 Å². The van der Waals surface area contributed by atoms with E-state index in [9.17, 15) is 24.3 Å². The molecule has 0 heterocycles. The lowest BCUT2D eigenvalue weighted by Gasteiger charge is -2.21. The summed E-state index contributed by atoms with van der Waals surface area (Å²) >= 11 is 0. The Hall–Kier alpha value is -3.24. The number of hydrogen-bond donors (Lipinski definition) is 1. The average molecular weight is 639 g/mol. The van der Waals surface area contributed by atoms with Crippen molar-refractivity contribution in [1.29, 1.82) is 0 Å². The third-order valence-electron chi connectivity index (χ3n) is 7.20. The van der Waals surface area contributed by atoms with Crippen LogP contribution in [-0.4, -0.2) is 68.6 Å². The van der Waals surface area contributed by atoms with Gasteiger partial charge in [-0.1, -0.05) is 57.7 Å². The van der Waals surface area contributed by atoms with Crippen LogP contribution in [-0.2, 0) is 49.5 Å². The molecule has 0 spiro atoms. The molecular weight excluding hydrogens is 580 g/mol. The Morgan fingerprint density at radius 1 is 0.711 bits per heavy atom. The first-order valence-electron chi connectivity index (χ1n) is 15.4. The maximum absolute atomic E-state index is 11.6.